The average molecular weight is 295 g/mol. The second-order valence-corrected chi connectivity index (χ2v) is 3.90. The molecule has 2 aromatic rings. The second-order valence-electron chi connectivity index (χ2n) is 2.74. The summed E-state index contributed by atoms with van der Waals surface area (Å²) in [5, 5.41) is 12.8. The topological polar surface area (TPSA) is 41.6 Å². The maximum absolute atomic E-state index is 8.66. The fourth-order valence-corrected chi connectivity index (χ4v) is 1.78. The lowest BCUT2D eigenvalue weighted by Crippen LogP contribution is -1.96. The molecule has 1 aromatic carbocycles. The van der Waals surface area contributed by atoms with E-state index in [2.05, 4.69) is 33.8 Å². The van der Waals surface area contributed by atoms with E-state index >= 15 is 0 Å². The van der Waals surface area contributed by atoms with Gasteiger partial charge in [0.25, 0.3) is 0 Å². The molecule has 0 radical (unpaired) electrons. The minimum atomic E-state index is 0.574. The number of hydrogen-bond donors (Lipinski definition) is 0. The molecule has 0 aliphatic carbocycles. The maximum Gasteiger partial charge on any atom is 0.102 e. The monoisotopic (exact) mass is 295 g/mol. The van der Waals surface area contributed by atoms with Gasteiger partial charge in [0.15, 0.2) is 0 Å². The Hall–Kier alpha value is -1.35. The number of benzene rings is 1. The van der Waals surface area contributed by atoms with E-state index in [4.69, 9.17) is 5.26 Å². The van der Waals surface area contributed by atoms with Crippen molar-refractivity contribution in [3.8, 4) is 11.8 Å². The van der Waals surface area contributed by atoms with Crippen LogP contribution in [0.15, 0.2) is 36.7 Å². The fourth-order valence-electron chi connectivity index (χ4n) is 1.15. The van der Waals surface area contributed by atoms with Gasteiger partial charge in [-0.2, -0.15) is 10.4 Å². The van der Waals surface area contributed by atoms with Crippen molar-refractivity contribution >= 4 is 22.6 Å². The first kappa shape index (κ1) is 9.21. The number of halogens is 1. The Morgan fingerprint density at radius 2 is 2.14 bits per heavy atom. The van der Waals surface area contributed by atoms with Gasteiger partial charge in [-0.15, -0.1) is 0 Å². The third-order valence-corrected chi connectivity index (χ3v) is 2.72. The summed E-state index contributed by atoms with van der Waals surface area (Å²) >= 11 is 2.24. The quantitative estimate of drug-likeness (QED) is 0.758. The second kappa shape index (κ2) is 3.80. The van der Waals surface area contributed by atoms with Gasteiger partial charge in [0, 0.05) is 9.77 Å². The Bertz CT molecular complexity index is 496. The van der Waals surface area contributed by atoms with Crippen LogP contribution in [0.3, 0.4) is 0 Å². The molecular weight excluding hydrogens is 289 g/mol. The molecule has 68 valence electrons. The number of hydrogen-bond acceptors (Lipinski definition) is 2. The summed E-state index contributed by atoms with van der Waals surface area (Å²) in [6, 6.07) is 9.94. The van der Waals surface area contributed by atoms with Crippen LogP contribution in [0.5, 0.6) is 0 Å². The lowest BCUT2D eigenvalue weighted by Gasteiger charge is -2.02. The van der Waals surface area contributed by atoms with E-state index < -0.39 is 0 Å². The van der Waals surface area contributed by atoms with E-state index in [1.165, 1.54) is 0 Å². The van der Waals surface area contributed by atoms with E-state index in [0.717, 1.165) is 9.26 Å². The Balaban J connectivity index is 2.51. The van der Waals surface area contributed by atoms with Gasteiger partial charge in [-0.05, 0) is 34.7 Å². The minimum absolute atomic E-state index is 0.574. The Morgan fingerprint density at radius 3 is 2.79 bits per heavy atom. The molecule has 0 unspecified atom stereocenters. The zero-order chi connectivity index (χ0) is 9.97. The lowest BCUT2D eigenvalue weighted by atomic mass is 10.3. The van der Waals surface area contributed by atoms with Gasteiger partial charge < -0.3 is 0 Å². The van der Waals surface area contributed by atoms with Gasteiger partial charge >= 0.3 is 0 Å². The predicted octanol–water partition coefficient (Wildman–Crippen LogP) is 2.35. The molecule has 0 saturated heterocycles. The maximum atomic E-state index is 8.66. The molecule has 4 heteroatoms. The van der Waals surface area contributed by atoms with E-state index in [1.807, 2.05) is 24.3 Å². The molecule has 0 atom stereocenters. The lowest BCUT2D eigenvalue weighted by molar-refractivity contribution is 0.875. The molecule has 1 heterocycles. The van der Waals surface area contributed by atoms with Crippen LogP contribution in [0.1, 0.15) is 5.56 Å². The molecule has 0 saturated carbocycles. The van der Waals surface area contributed by atoms with Crippen molar-refractivity contribution in [2.75, 3.05) is 0 Å². The number of rotatable bonds is 1. The van der Waals surface area contributed by atoms with Crippen molar-refractivity contribution in [3.63, 3.8) is 0 Å². The van der Waals surface area contributed by atoms with Crippen molar-refractivity contribution < 1.29 is 0 Å². The van der Waals surface area contributed by atoms with Crippen molar-refractivity contribution in [1.29, 1.82) is 5.26 Å². The van der Waals surface area contributed by atoms with E-state index in [0.29, 0.717) is 5.56 Å². The molecule has 0 bridgehead atoms. The van der Waals surface area contributed by atoms with Gasteiger partial charge in [0.2, 0.25) is 0 Å². The summed E-state index contributed by atoms with van der Waals surface area (Å²) in [4.78, 5) is 0. The molecule has 1 aromatic heterocycles. The van der Waals surface area contributed by atoms with Crippen molar-refractivity contribution in [1.82, 2.24) is 9.78 Å². The summed E-state index contributed by atoms with van der Waals surface area (Å²) in [5.41, 5.74) is 1.57. The summed E-state index contributed by atoms with van der Waals surface area (Å²) in [5.74, 6) is 0. The number of aromatic nitrogens is 2. The van der Waals surface area contributed by atoms with Gasteiger partial charge in [0.05, 0.1) is 17.4 Å². The molecule has 14 heavy (non-hydrogen) atoms. The van der Waals surface area contributed by atoms with Crippen molar-refractivity contribution in [2.45, 2.75) is 0 Å². The molecule has 0 N–H and O–H groups in total. The van der Waals surface area contributed by atoms with Crippen molar-refractivity contribution in [3.05, 3.63) is 45.8 Å². The van der Waals surface area contributed by atoms with Gasteiger partial charge in [-0.1, -0.05) is 12.1 Å². The zero-order valence-electron chi connectivity index (χ0n) is 7.18. The smallest absolute Gasteiger partial charge is 0.102 e. The van der Waals surface area contributed by atoms with Gasteiger partial charge in [0.1, 0.15) is 6.07 Å². The summed E-state index contributed by atoms with van der Waals surface area (Å²) in [7, 11) is 0. The Kier molecular flexibility index (Phi) is 2.50. The van der Waals surface area contributed by atoms with Crippen LogP contribution in [0.25, 0.3) is 5.69 Å². The fraction of sp³-hybridized carbons (Fsp3) is 0. The number of nitriles is 1. The number of nitrogens with zero attached hydrogens (tertiary/aromatic N) is 3. The Morgan fingerprint density at radius 1 is 1.36 bits per heavy atom. The molecule has 0 aliphatic rings. The summed E-state index contributed by atoms with van der Waals surface area (Å²) in [6.45, 7) is 0. The third kappa shape index (κ3) is 1.63. The molecule has 0 spiro atoms. The van der Waals surface area contributed by atoms with E-state index in [1.54, 1.807) is 17.1 Å². The van der Waals surface area contributed by atoms with Crippen LogP contribution >= 0.6 is 22.6 Å². The van der Waals surface area contributed by atoms with Gasteiger partial charge in [-0.25, -0.2) is 4.68 Å². The normalized spacial score (nSPS) is 9.71. The van der Waals surface area contributed by atoms with E-state index in [9.17, 15) is 0 Å². The predicted molar refractivity (Wildman–Crippen MR) is 61.0 cm³/mol. The largest absolute Gasteiger partial charge is 0.239 e. The minimum Gasteiger partial charge on any atom is -0.239 e. The highest BCUT2D eigenvalue weighted by molar-refractivity contribution is 14.1. The third-order valence-electron chi connectivity index (χ3n) is 1.81. The molecule has 0 fully saturated rings. The average Bonchev–Trinajstić information content (AvgIpc) is 2.67. The number of para-hydroxylation sites is 1. The first-order chi connectivity index (χ1) is 6.81. The first-order valence-corrected chi connectivity index (χ1v) is 5.09. The SMILES string of the molecule is N#Cc1cnn(-c2ccccc2I)c1. The highest BCUT2D eigenvalue weighted by Gasteiger charge is 2.02. The van der Waals surface area contributed by atoms with Crippen LogP contribution in [-0.4, -0.2) is 9.78 Å². The van der Waals surface area contributed by atoms with Crippen LogP contribution in [-0.2, 0) is 0 Å². The summed E-state index contributed by atoms with van der Waals surface area (Å²) < 4.78 is 2.82. The van der Waals surface area contributed by atoms with Crippen LogP contribution in [0.2, 0.25) is 0 Å². The van der Waals surface area contributed by atoms with Crippen LogP contribution < -0.4 is 0 Å². The molecule has 0 amide bonds. The highest BCUT2D eigenvalue weighted by atomic mass is 127. The molecular formula is C10H6IN3. The molecule has 3 nitrogen and oxygen atoms in total. The zero-order valence-corrected chi connectivity index (χ0v) is 9.34. The first-order valence-electron chi connectivity index (χ1n) is 4.01. The Labute approximate surface area is 95.1 Å². The molecule has 2 rings (SSSR count). The molecule has 0 aliphatic heterocycles. The van der Waals surface area contributed by atoms with Gasteiger partial charge in [-0.3, -0.25) is 0 Å². The van der Waals surface area contributed by atoms with Crippen LogP contribution in [0.4, 0.5) is 0 Å². The highest BCUT2D eigenvalue weighted by Crippen LogP contribution is 2.15. The van der Waals surface area contributed by atoms with Crippen LogP contribution in [0, 0.1) is 14.9 Å². The summed E-state index contributed by atoms with van der Waals surface area (Å²) in [6.07, 6.45) is 3.28. The van der Waals surface area contributed by atoms with E-state index in [-0.39, 0.29) is 0 Å². The standard InChI is InChI=1S/C10H6IN3/c11-9-3-1-2-4-10(9)14-7-8(5-12)6-13-14/h1-4,6-7H. The van der Waals surface area contributed by atoms with Crippen molar-refractivity contribution in [2.24, 2.45) is 0 Å².